The van der Waals surface area contributed by atoms with Gasteiger partial charge in [-0.2, -0.15) is 0 Å². The van der Waals surface area contributed by atoms with Crippen LogP contribution < -0.4 is 4.74 Å². The van der Waals surface area contributed by atoms with Crippen LogP contribution in [-0.2, 0) is 27.5 Å². The second-order valence-electron chi connectivity index (χ2n) is 7.18. The van der Waals surface area contributed by atoms with Gasteiger partial charge in [-0.15, -0.1) is 0 Å². The predicted octanol–water partition coefficient (Wildman–Crippen LogP) is 3.21. The van der Waals surface area contributed by atoms with Gasteiger partial charge < -0.3 is 24.2 Å². The molecule has 3 rings (SSSR count). The Bertz CT molecular complexity index is 843. The van der Waals surface area contributed by atoms with Crippen molar-refractivity contribution in [3.63, 3.8) is 0 Å². The highest BCUT2D eigenvalue weighted by molar-refractivity contribution is 5.91. The van der Waals surface area contributed by atoms with Crippen LogP contribution in [0.3, 0.4) is 0 Å². The fourth-order valence-corrected chi connectivity index (χ4v) is 3.14. The van der Waals surface area contributed by atoms with Gasteiger partial charge >= 0.3 is 0 Å². The van der Waals surface area contributed by atoms with Gasteiger partial charge in [0, 0.05) is 26.4 Å². The summed E-state index contributed by atoms with van der Waals surface area (Å²) in [6.45, 7) is 0.367. The Balaban J connectivity index is 1.75. The maximum atomic E-state index is 12.5. The second-order valence-corrected chi connectivity index (χ2v) is 7.18. The van der Waals surface area contributed by atoms with E-state index in [-0.39, 0.29) is 18.4 Å². The average Bonchev–Trinajstić information content (AvgIpc) is 2.77. The molecular formula is C23H27NO5. The molecule has 29 heavy (non-hydrogen) atoms. The smallest absolute Gasteiger partial charge is 0.288 e. The highest BCUT2D eigenvalue weighted by atomic mass is 16.7. The quantitative estimate of drug-likeness (QED) is 0.777. The number of ether oxygens (including phenoxy) is 3. The molecular weight excluding hydrogens is 370 g/mol. The normalized spacial score (nSPS) is 18.6. The Kier molecular flexibility index (Phi) is 6.90. The third kappa shape index (κ3) is 5.37. The van der Waals surface area contributed by atoms with Crippen molar-refractivity contribution in [2.75, 3.05) is 21.2 Å². The van der Waals surface area contributed by atoms with E-state index in [9.17, 15) is 4.79 Å². The number of carbonyl (C=O) groups is 1. The molecule has 1 aliphatic rings. The Morgan fingerprint density at radius 3 is 2.34 bits per heavy atom. The number of likely N-dealkylation sites (N-methyl/N-ethyl adjacent to an activating group) is 1. The van der Waals surface area contributed by atoms with E-state index in [4.69, 9.17) is 19.3 Å². The van der Waals surface area contributed by atoms with Crippen molar-refractivity contribution < 1.29 is 24.1 Å². The summed E-state index contributed by atoms with van der Waals surface area (Å²) < 4.78 is 17.1. The molecule has 0 radical (unpaired) electrons. The lowest BCUT2D eigenvalue weighted by Crippen LogP contribution is -2.32. The highest BCUT2D eigenvalue weighted by Crippen LogP contribution is 2.33. The molecule has 0 unspecified atom stereocenters. The van der Waals surface area contributed by atoms with Crippen molar-refractivity contribution in [2.24, 2.45) is 0 Å². The lowest BCUT2D eigenvalue weighted by atomic mass is 9.92. The van der Waals surface area contributed by atoms with Crippen LogP contribution in [0.5, 0.6) is 5.75 Å². The molecule has 0 fully saturated rings. The first kappa shape index (κ1) is 20.9. The van der Waals surface area contributed by atoms with Crippen LogP contribution in [0, 0.1) is 0 Å². The van der Waals surface area contributed by atoms with Crippen molar-refractivity contribution >= 4 is 5.91 Å². The summed E-state index contributed by atoms with van der Waals surface area (Å²) >= 11 is 0. The van der Waals surface area contributed by atoms with E-state index in [1.54, 1.807) is 21.2 Å². The minimum atomic E-state index is -0.538. The molecule has 1 aliphatic heterocycles. The number of nitrogens with zero attached hydrogens (tertiary/aromatic N) is 1. The van der Waals surface area contributed by atoms with Crippen LogP contribution in [0.15, 0.2) is 60.4 Å². The van der Waals surface area contributed by atoms with E-state index in [1.165, 1.54) is 4.90 Å². The summed E-state index contributed by atoms with van der Waals surface area (Å²) in [7, 11) is 5.03. The maximum Gasteiger partial charge on any atom is 0.288 e. The third-order valence-corrected chi connectivity index (χ3v) is 4.86. The number of hydrogen-bond donors (Lipinski definition) is 1. The molecule has 2 aromatic rings. The van der Waals surface area contributed by atoms with Crippen molar-refractivity contribution in [2.45, 2.75) is 31.8 Å². The monoisotopic (exact) mass is 397 g/mol. The van der Waals surface area contributed by atoms with Gasteiger partial charge in [0.25, 0.3) is 5.91 Å². The second kappa shape index (κ2) is 9.58. The molecule has 0 bridgehead atoms. The Hall–Kier alpha value is -2.83. The first-order valence-electron chi connectivity index (χ1n) is 9.54. The number of aliphatic hydroxyl groups excluding tert-OH is 1. The molecule has 1 N–H and O–H groups in total. The zero-order chi connectivity index (χ0) is 20.8. The summed E-state index contributed by atoms with van der Waals surface area (Å²) in [6, 6.07) is 15.4. The van der Waals surface area contributed by atoms with Gasteiger partial charge in [-0.05, 0) is 34.9 Å². The largest absolute Gasteiger partial charge is 0.497 e. The first-order chi connectivity index (χ1) is 14.0. The van der Waals surface area contributed by atoms with Crippen molar-refractivity contribution in [3.8, 4) is 5.75 Å². The molecule has 0 aliphatic carbocycles. The van der Waals surface area contributed by atoms with E-state index in [2.05, 4.69) is 0 Å². The zero-order valence-corrected chi connectivity index (χ0v) is 17.0. The number of benzene rings is 2. The zero-order valence-electron chi connectivity index (χ0n) is 17.0. The lowest BCUT2D eigenvalue weighted by Gasteiger charge is -2.30. The number of carbonyl (C=O) groups excluding carboxylic acids is 1. The molecule has 2 aromatic carbocycles. The van der Waals surface area contributed by atoms with E-state index in [0.29, 0.717) is 18.8 Å². The van der Waals surface area contributed by atoms with Crippen LogP contribution in [0.25, 0.3) is 0 Å². The predicted molar refractivity (Wildman–Crippen MR) is 109 cm³/mol. The van der Waals surface area contributed by atoms with Crippen LogP contribution in [-0.4, -0.2) is 43.4 Å². The molecule has 2 atom stereocenters. The number of hydrogen-bond acceptors (Lipinski definition) is 5. The van der Waals surface area contributed by atoms with Crippen LogP contribution >= 0.6 is 0 Å². The maximum absolute atomic E-state index is 12.5. The van der Waals surface area contributed by atoms with E-state index in [0.717, 1.165) is 22.4 Å². The number of allylic oxidation sites excluding steroid dienone is 1. The fourth-order valence-electron chi connectivity index (χ4n) is 3.14. The van der Waals surface area contributed by atoms with Gasteiger partial charge in [-0.1, -0.05) is 36.4 Å². The molecule has 6 heteroatoms. The minimum absolute atomic E-state index is 0.00433. The molecule has 0 aromatic heterocycles. The van der Waals surface area contributed by atoms with Crippen molar-refractivity contribution in [1.29, 1.82) is 0 Å². The van der Waals surface area contributed by atoms with Crippen LogP contribution in [0.1, 0.15) is 29.0 Å². The summed E-state index contributed by atoms with van der Waals surface area (Å²) in [5, 5.41) is 9.16. The van der Waals surface area contributed by atoms with E-state index in [1.807, 2.05) is 54.6 Å². The first-order valence-corrected chi connectivity index (χ1v) is 9.54. The Morgan fingerprint density at radius 1 is 1.10 bits per heavy atom. The molecule has 0 spiro atoms. The highest BCUT2D eigenvalue weighted by Gasteiger charge is 2.29. The summed E-state index contributed by atoms with van der Waals surface area (Å²) in [6.07, 6.45) is 1.93. The lowest BCUT2D eigenvalue weighted by molar-refractivity contribution is -0.154. The van der Waals surface area contributed by atoms with Crippen molar-refractivity contribution in [1.82, 2.24) is 4.90 Å². The van der Waals surface area contributed by atoms with Crippen LogP contribution in [0.2, 0.25) is 0 Å². The summed E-state index contributed by atoms with van der Waals surface area (Å²) in [4.78, 5) is 14.0. The number of methoxy groups -OCH3 is 1. The van der Waals surface area contributed by atoms with Crippen LogP contribution in [0.4, 0.5) is 0 Å². The van der Waals surface area contributed by atoms with Gasteiger partial charge in [0.2, 0.25) is 6.29 Å². The molecule has 1 heterocycles. The van der Waals surface area contributed by atoms with Gasteiger partial charge in [0.15, 0.2) is 5.76 Å². The Morgan fingerprint density at radius 2 is 1.76 bits per heavy atom. The number of aliphatic hydroxyl groups is 1. The summed E-state index contributed by atoms with van der Waals surface area (Å²) in [5.41, 5.74) is 2.89. The number of rotatable bonds is 7. The summed E-state index contributed by atoms with van der Waals surface area (Å²) in [5.74, 6) is 0.885. The van der Waals surface area contributed by atoms with Gasteiger partial charge in [-0.3, -0.25) is 4.79 Å². The fraction of sp³-hybridized carbons (Fsp3) is 0.348. The van der Waals surface area contributed by atoms with E-state index < -0.39 is 6.29 Å². The van der Waals surface area contributed by atoms with Crippen molar-refractivity contribution in [3.05, 3.63) is 77.1 Å². The third-order valence-electron chi connectivity index (χ3n) is 4.86. The molecule has 154 valence electrons. The molecule has 1 amide bonds. The average molecular weight is 397 g/mol. The van der Waals surface area contributed by atoms with E-state index >= 15 is 0 Å². The van der Waals surface area contributed by atoms with Gasteiger partial charge in [0.1, 0.15) is 5.75 Å². The standard InChI is InChI=1S/C23H27NO5/c1-24(2)23(26)21-12-19(18-8-10-20(27-3)11-9-18)13-22(29-21)28-15-17-6-4-16(14-25)5-7-17/h4-12,19,22,25H,13-15H2,1-3H3/t19-,22+/m0/s1. The van der Waals surface area contributed by atoms with Gasteiger partial charge in [0.05, 0.1) is 20.3 Å². The topological polar surface area (TPSA) is 68.2 Å². The minimum Gasteiger partial charge on any atom is -0.497 e. The molecule has 0 saturated heterocycles. The number of amides is 1. The van der Waals surface area contributed by atoms with Gasteiger partial charge in [-0.25, -0.2) is 0 Å². The molecule has 0 saturated carbocycles. The Labute approximate surface area is 171 Å². The SMILES string of the molecule is COc1ccc([C@H]2C=C(C(=O)N(C)C)O[C@@H](OCc3ccc(CO)cc3)C2)cc1. The molecule has 6 nitrogen and oxygen atoms in total.